The molecule has 1 N–H and O–H groups in total. The SMILES string of the molecule is C=C/N=C\CNI. The summed E-state index contributed by atoms with van der Waals surface area (Å²) >= 11 is 2.05. The number of rotatable bonds is 3. The normalized spacial score (nSPS) is 9.86. The van der Waals surface area contributed by atoms with E-state index in [-0.39, 0.29) is 0 Å². The highest BCUT2D eigenvalue weighted by Crippen LogP contribution is 1.65. The van der Waals surface area contributed by atoms with Gasteiger partial charge in [0.2, 0.25) is 0 Å². The van der Waals surface area contributed by atoms with E-state index in [4.69, 9.17) is 0 Å². The van der Waals surface area contributed by atoms with Crippen LogP contribution in [0.5, 0.6) is 0 Å². The van der Waals surface area contributed by atoms with E-state index in [1.807, 2.05) is 0 Å². The zero-order valence-corrected chi connectivity index (χ0v) is 6.05. The standard InChI is InChI=1S/C4H7IN2/c1-2-6-3-4-7-5/h2-3,7H,1,4H2/b6-3-. The van der Waals surface area contributed by atoms with Crippen molar-refractivity contribution in [1.82, 2.24) is 3.53 Å². The number of hydrogen-bond donors (Lipinski definition) is 1. The first-order chi connectivity index (χ1) is 3.41. The molecule has 7 heavy (non-hydrogen) atoms. The molecule has 0 radical (unpaired) electrons. The molecule has 0 saturated carbocycles. The highest BCUT2D eigenvalue weighted by Gasteiger charge is 1.65. The zero-order valence-electron chi connectivity index (χ0n) is 3.89. The maximum atomic E-state index is 3.73. The molecule has 0 aliphatic heterocycles. The molecule has 0 aromatic carbocycles. The second kappa shape index (κ2) is 6.10. The lowest BCUT2D eigenvalue weighted by atomic mass is 10.7. The highest BCUT2D eigenvalue weighted by atomic mass is 127. The van der Waals surface area contributed by atoms with Gasteiger partial charge in [-0.05, 0) is 0 Å². The van der Waals surface area contributed by atoms with Gasteiger partial charge in [0.25, 0.3) is 0 Å². The Labute approximate surface area is 57.2 Å². The van der Waals surface area contributed by atoms with Gasteiger partial charge in [0.05, 0.1) is 0 Å². The number of halogens is 1. The second-order valence-electron chi connectivity index (χ2n) is 0.852. The molecule has 0 atom stereocenters. The van der Waals surface area contributed by atoms with E-state index in [0.29, 0.717) is 0 Å². The van der Waals surface area contributed by atoms with Crippen LogP contribution in [0.25, 0.3) is 0 Å². The van der Waals surface area contributed by atoms with Gasteiger partial charge in [0.1, 0.15) is 0 Å². The monoisotopic (exact) mass is 210 g/mol. The van der Waals surface area contributed by atoms with Crippen LogP contribution in [0.4, 0.5) is 0 Å². The molecule has 0 aromatic rings. The van der Waals surface area contributed by atoms with Crippen LogP contribution in [-0.2, 0) is 0 Å². The summed E-state index contributed by atoms with van der Waals surface area (Å²) in [6.45, 7) is 4.20. The largest absolute Gasteiger partial charge is 0.268 e. The lowest BCUT2D eigenvalue weighted by Gasteiger charge is -1.79. The molecule has 0 saturated heterocycles. The summed E-state index contributed by atoms with van der Waals surface area (Å²) in [6.07, 6.45) is 3.26. The Kier molecular flexibility index (Phi) is 6.19. The first kappa shape index (κ1) is 7.10. The summed E-state index contributed by atoms with van der Waals surface area (Å²) in [5, 5.41) is 0. The minimum atomic E-state index is 0.798. The Morgan fingerprint density at radius 2 is 2.57 bits per heavy atom. The average molecular weight is 210 g/mol. The fourth-order valence-corrected chi connectivity index (χ4v) is 0.359. The molecule has 0 heterocycles. The second-order valence-corrected chi connectivity index (χ2v) is 1.61. The molecule has 2 nitrogen and oxygen atoms in total. The van der Waals surface area contributed by atoms with Crippen molar-refractivity contribution < 1.29 is 0 Å². The topological polar surface area (TPSA) is 24.4 Å². The maximum absolute atomic E-state index is 3.73. The van der Waals surface area contributed by atoms with Gasteiger partial charge in [0.15, 0.2) is 0 Å². The van der Waals surface area contributed by atoms with Crippen molar-refractivity contribution in [3.8, 4) is 0 Å². The summed E-state index contributed by atoms with van der Waals surface area (Å²) < 4.78 is 2.88. The van der Waals surface area contributed by atoms with Gasteiger partial charge in [-0.2, -0.15) is 0 Å². The van der Waals surface area contributed by atoms with Gasteiger partial charge in [-0.15, -0.1) is 0 Å². The van der Waals surface area contributed by atoms with Crippen LogP contribution >= 0.6 is 22.9 Å². The van der Waals surface area contributed by atoms with E-state index >= 15 is 0 Å². The van der Waals surface area contributed by atoms with E-state index in [9.17, 15) is 0 Å². The predicted octanol–water partition coefficient (Wildman–Crippen LogP) is 1.14. The summed E-state index contributed by atoms with van der Waals surface area (Å²) in [7, 11) is 0. The van der Waals surface area contributed by atoms with E-state index in [2.05, 4.69) is 38.0 Å². The van der Waals surface area contributed by atoms with E-state index < -0.39 is 0 Å². The van der Waals surface area contributed by atoms with Crippen LogP contribution in [0, 0.1) is 0 Å². The molecule has 0 aliphatic carbocycles. The summed E-state index contributed by atoms with van der Waals surface area (Å²) in [5.41, 5.74) is 0. The summed E-state index contributed by atoms with van der Waals surface area (Å²) in [5.74, 6) is 0. The van der Waals surface area contributed by atoms with Crippen LogP contribution in [0.3, 0.4) is 0 Å². The Bertz CT molecular complexity index is 70.1. The molecular weight excluding hydrogens is 203 g/mol. The number of nitrogens with one attached hydrogen (secondary N) is 1. The molecule has 0 aromatic heterocycles. The first-order valence-corrected chi connectivity index (χ1v) is 2.95. The molecule has 0 rings (SSSR count). The van der Waals surface area contributed by atoms with E-state index in [1.165, 1.54) is 6.20 Å². The van der Waals surface area contributed by atoms with Crippen molar-refractivity contribution >= 4 is 29.1 Å². The Morgan fingerprint density at radius 1 is 1.86 bits per heavy atom. The lowest BCUT2D eigenvalue weighted by Crippen LogP contribution is -1.99. The van der Waals surface area contributed by atoms with Crippen molar-refractivity contribution in [1.29, 1.82) is 0 Å². The van der Waals surface area contributed by atoms with Gasteiger partial charge in [0, 0.05) is 41.8 Å². The Morgan fingerprint density at radius 3 is 3.00 bits per heavy atom. The van der Waals surface area contributed by atoms with Crippen LogP contribution in [0.15, 0.2) is 17.8 Å². The first-order valence-electron chi connectivity index (χ1n) is 1.88. The average Bonchev–Trinajstić information content (AvgIpc) is 1.69. The van der Waals surface area contributed by atoms with Gasteiger partial charge < -0.3 is 0 Å². The highest BCUT2D eigenvalue weighted by molar-refractivity contribution is 14.1. The third-order valence-corrected chi connectivity index (χ3v) is 0.820. The molecule has 0 amide bonds. The fraction of sp³-hybridized carbons (Fsp3) is 0.250. The molecule has 0 fully saturated rings. The quantitative estimate of drug-likeness (QED) is 0.421. The maximum Gasteiger partial charge on any atom is 0.0405 e. The third-order valence-electron chi connectivity index (χ3n) is 0.379. The van der Waals surface area contributed by atoms with Gasteiger partial charge in [-0.3, -0.25) is 8.52 Å². The number of aliphatic imine (C=N–C) groups is 1. The fourth-order valence-electron chi connectivity index (χ4n) is 0.162. The molecule has 40 valence electrons. The van der Waals surface area contributed by atoms with Crippen LogP contribution in [-0.4, -0.2) is 12.8 Å². The van der Waals surface area contributed by atoms with Crippen molar-refractivity contribution in [3.05, 3.63) is 12.8 Å². The third kappa shape index (κ3) is 6.10. The Balaban J connectivity index is 2.92. The zero-order chi connectivity index (χ0) is 5.54. The lowest BCUT2D eigenvalue weighted by molar-refractivity contribution is 1.25. The summed E-state index contributed by atoms with van der Waals surface area (Å²) in [6, 6.07) is 0. The van der Waals surface area contributed by atoms with Gasteiger partial charge in [-0.1, -0.05) is 6.58 Å². The van der Waals surface area contributed by atoms with Crippen LogP contribution in [0.2, 0.25) is 0 Å². The van der Waals surface area contributed by atoms with Gasteiger partial charge >= 0.3 is 0 Å². The molecule has 3 heteroatoms. The molecular formula is C4H7IN2. The van der Waals surface area contributed by atoms with Crippen LogP contribution < -0.4 is 3.53 Å². The number of nitrogens with zero attached hydrogens (tertiary/aromatic N) is 1. The smallest absolute Gasteiger partial charge is 0.0405 e. The molecule has 0 unspecified atom stereocenters. The molecule has 0 spiro atoms. The molecule has 0 aliphatic rings. The van der Waals surface area contributed by atoms with Crippen molar-refractivity contribution in [3.63, 3.8) is 0 Å². The minimum Gasteiger partial charge on any atom is -0.268 e. The van der Waals surface area contributed by atoms with Crippen molar-refractivity contribution in [2.45, 2.75) is 0 Å². The van der Waals surface area contributed by atoms with Gasteiger partial charge in [-0.25, -0.2) is 0 Å². The number of hydrogen-bond acceptors (Lipinski definition) is 2. The van der Waals surface area contributed by atoms with Crippen molar-refractivity contribution in [2.24, 2.45) is 4.99 Å². The summed E-state index contributed by atoms with van der Waals surface area (Å²) in [4.78, 5) is 3.73. The van der Waals surface area contributed by atoms with Crippen molar-refractivity contribution in [2.75, 3.05) is 6.54 Å². The minimum absolute atomic E-state index is 0.798. The van der Waals surface area contributed by atoms with E-state index in [0.717, 1.165) is 6.54 Å². The van der Waals surface area contributed by atoms with E-state index in [1.54, 1.807) is 6.21 Å². The Hall–Kier alpha value is 0.1000. The predicted molar refractivity (Wildman–Crippen MR) is 40.7 cm³/mol. The molecule has 0 bridgehead atoms. The van der Waals surface area contributed by atoms with Crippen LogP contribution in [0.1, 0.15) is 0 Å².